The standard InChI is InChI=1S/C14H12BrClFNO/c1-19-14-4-2-3-12(16)10(14)8-18-9-5-6-13(17)11(15)7-9/h2-7,18H,8H2,1H3. The maximum absolute atomic E-state index is 13.1. The Morgan fingerprint density at radius 3 is 2.79 bits per heavy atom. The Kier molecular flexibility index (Phi) is 4.66. The molecule has 2 rings (SSSR count). The normalized spacial score (nSPS) is 10.3. The van der Waals surface area contributed by atoms with Gasteiger partial charge in [-0.2, -0.15) is 0 Å². The van der Waals surface area contributed by atoms with Crippen LogP contribution >= 0.6 is 27.5 Å². The molecule has 100 valence electrons. The number of halogens is 3. The molecule has 0 radical (unpaired) electrons. The quantitative estimate of drug-likeness (QED) is 0.855. The molecule has 0 saturated carbocycles. The first kappa shape index (κ1) is 14.2. The minimum absolute atomic E-state index is 0.291. The Bertz CT molecular complexity index is 592. The van der Waals surface area contributed by atoms with E-state index < -0.39 is 0 Å². The molecule has 0 aliphatic heterocycles. The van der Waals surface area contributed by atoms with E-state index >= 15 is 0 Å². The highest BCUT2D eigenvalue weighted by molar-refractivity contribution is 9.10. The molecule has 0 bridgehead atoms. The zero-order valence-electron chi connectivity index (χ0n) is 10.2. The SMILES string of the molecule is COc1cccc(Cl)c1CNc1ccc(F)c(Br)c1. The van der Waals surface area contributed by atoms with Crippen molar-refractivity contribution in [2.24, 2.45) is 0 Å². The minimum atomic E-state index is -0.291. The lowest BCUT2D eigenvalue weighted by Gasteiger charge is -2.12. The molecule has 0 amide bonds. The summed E-state index contributed by atoms with van der Waals surface area (Å²) >= 11 is 9.29. The Labute approximate surface area is 124 Å². The van der Waals surface area contributed by atoms with Crippen LogP contribution in [0.5, 0.6) is 5.75 Å². The molecular weight excluding hydrogens is 333 g/mol. The van der Waals surface area contributed by atoms with E-state index in [4.69, 9.17) is 16.3 Å². The van der Waals surface area contributed by atoms with E-state index in [1.807, 2.05) is 18.2 Å². The highest BCUT2D eigenvalue weighted by Gasteiger charge is 2.07. The van der Waals surface area contributed by atoms with Gasteiger partial charge in [-0.1, -0.05) is 17.7 Å². The van der Waals surface area contributed by atoms with Crippen LogP contribution in [0.15, 0.2) is 40.9 Å². The van der Waals surface area contributed by atoms with Crippen molar-refractivity contribution < 1.29 is 9.13 Å². The monoisotopic (exact) mass is 343 g/mol. The van der Waals surface area contributed by atoms with E-state index in [-0.39, 0.29) is 5.82 Å². The molecule has 0 atom stereocenters. The van der Waals surface area contributed by atoms with Crippen molar-refractivity contribution in [1.29, 1.82) is 0 Å². The zero-order valence-corrected chi connectivity index (χ0v) is 12.6. The summed E-state index contributed by atoms with van der Waals surface area (Å²) in [5.74, 6) is 0.432. The Morgan fingerprint density at radius 2 is 2.11 bits per heavy atom. The number of nitrogens with one attached hydrogen (secondary N) is 1. The van der Waals surface area contributed by atoms with Gasteiger partial charge in [-0.3, -0.25) is 0 Å². The first-order chi connectivity index (χ1) is 9.11. The van der Waals surface area contributed by atoms with Crippen LogP contribution in [0.2, 0.25) is 5.02 Å². The molecule has 2 aromatic rings. The molecule has 2 aromatic carbocycles. The lowest BCUT2D eigenvalue weighted by atomic mass is 10.2. The third-order valence-corrected chi connectivity index (χ3v) is 3.65. The van der Waals surface area contributed by atoms with Gasteiger partial charge in [0.2, 0.25) is 0 Å². The molecular formula is C14H12BrClFNO. The number of rotatable bonds is 4. The van der Waals surface area contributed by atoms with Crippen molar-refractivity contribution in [3.63, 3.8) is 0 Å². The average Bonchev–Trinajstić information content (AvgIpc) is 2.41. The minimum Gasteiger partial charge on any atom is -0.496 e. The highest BCUT2D eigenvalue weighted by Crippen LogP contribution is 2.27. The van der Waals surface area contributed by atoms with Gasteiger partial charge in [-0.05, 0) is 46.3 Å². The molecule has 2 nitrogen and oxygen atoms in total. The summed E-state index contributed by atoms with van der Waals surface area (Å²) in [6.07, 6.45) is 0. The van der Waals surface area contributed by atoms with Crippen LogP contribution < -0.4 is 10.1 Å². The smallest absolute Gasteiger partial charge is 0.137 e. The molecule has 0 spiro atoms. The predicted molar refractivity (Wildman–Crippen MR) is 79.4 cm³/mol. The van der Waals surface area contributed by atoms with Crippen molar-refractivity contribution in [1.82, 2.24) is 0 Å². The van der Waals surface area contributed by atoms with Crippen molar-refractivity contribution in [3.8, 4) is 5.75 Å². The maximum atomic E-state index is 13.1. The number of benzene rings is 2. The van der Waals surface area contributed by atoms with E-state index in [2.05, 4.69) is 21.2 Å². The number of methoxy groups -OCH3 is 1. The third-order valence-electron chi connectivity index (χ3n) is 2.68. The van der Waals surface area contributed by atoms with Gasteiger partial charge in [0.25, 0.3) is 0 Å². The molecule has 0 heterocycles. The molecule has 0 unspecified atom stereocenters. The largest absolute Gasteiger partial charge is 0.496 e. The van der Waals surface area contributed by atoms with Gasteiger partial charge in [0.05, 0.1) is 11.6 Å². The van der Waals surface area contributed by atoms with Gasteiger partial charge in [-0.15, -0.1) is 0 Å². The summed E-state index contributed by atoms with van der Waals surface area (Å²) in [4.78, 5) is 0. The van der Waals surface area contributed by atoms with Crippen molar-refractivity contribution in [2.45, 2.75) is 6.54 Å². The number of hydrogen-bond acceptors (Lipinski definition) is 2. The van der Waals surface area contributed by atoms with Crippen LogP contribution in [0.3, 0.4) is 0 Å². The second kappa shape index (κ2) is 6.26. The van der Waals surface area contributed by atoms with Gasteiger partial charge in [0.15, 0.2) is 0 Å². The highest BCUT2D eigenvalue weighted by atomic mass is 79.9. The van der Waals surface area contributed by atoms with E-state index in [0.29, 0.717) is 16.0 Å². The predicted octanol–water partition coefficient (Wildman–Crippen LogP) is 4.86. The Hall–Kier alpha value is -1.26. The summed E-state index contributed by atoms with van der Waals surface area (Å²) in [5, 5.41) is 3.82. The fraction of sp³-hybridized carbons (Fsp3) is 0.143. The van der Waals surface area contributed by atoms with Gasteiger partial charge in [0.1, 0.15) is 11.6 Å². The second-order valence-electron chi connectivity index (χ2n) is 3.90. The lowest BCUT2D eigenvalue weighted by Crippen LogP contribution is -2.02. The average molecular weight is 345 g/mol. The maximum Gasteiger partial charge on any atom is 0.137 e. The molecule has 5 heteroatoms. The number of hydrogen-bond donors (Lipinski definition) is 1. The summed E-state index contributed by atoms with van der Waals surface area (Å²) in [6.45, 7) is 0.501. The topological polar surface area (TPSA) is 21.3 Å². The fourth-order valence-corrected chi connectivity index (χ4v) is 2.31. The molecule has 19 heavy (non-hydrogen) atoms. The first-order valence-corrected chi connectivity index (χ1v) is 6.79. The van der Waals surface area contributed by atoms with E-state index in [1.165, 1.54) is 6.07 Å². The Morgan fingerprint density at radius 1 is 1.32 bits per heavy atom. The van der Waals surface area contributed by atoms with Crippen LogP contribution in [0.4, 0.5) is 10.1 Å². The van der Waals surface area contributed by atoms with Gasteiger partial charge in [0, 0.05) is 22.8 Å². The summed E-state index contributed by atoms with van der Waals surface area (Å²) in [5.41, 5.74) is 1.67. The molecule has 0 aliphatic rings. The van der Waals surface area contributed by atoms with Crippen LogP contribution in [0, 0.1) is 5.82 Å². The summed E-state index contributed by atoms with van der Waals surface area (Å²) < 4.78 is 18.8. The van der Waals surface area contributed by atoms with Crippen LogP contribution in [0.25, 0.3) is 0 Å². The molecule has 0 fully saturated rings. The van der Waals surface area contributed by atoms with Crippen LogP contribution in [-0.4, -0.2) is 7.11 Å². The number of anilines is 1. The van der Waals surface area contributed by atoms with E-state index in [9.17, 15) is 4.39 Å². The molecule has 1 N–H and O–H groups in total. The lowest BCUT2D eigenvalue weighted by molar-refractivity contribution is 0.410. The molecule has 0 aromatic heterocycles. The molecule has 0 saturated heterocycles. The van der Waals surface area contributed by atoms with Gasteiger partial charge < -0.3 is 10.1 Å². The van der Waals surface area contributed by atoms with Gasteiger partial charge in [-0.25, -0.2) is 4.39 Å². The van der Waals surface area contributed by atoms with Crippen molar-refractivity contribution in [3.05, 3.63) is 57.3 Å². The van der Waals surface area contributed by atoms with Crippen molar-refractivity contribution in [2.75, 3.05) is 12.4 Å². The van der Waals surface area contributed by atoms with Crippen LogP contribution in [-0.2, 0) is 6.54 Å². The fourth-order valence-electron chi connectivity index (χ4n) is 1.70. The first-order valence-electron chi connectivity index (χ1n) is 5.62. The summed E-state index contributed by atoms with van der Waals surface area (Å²) in [7, 11) is 1.60. The van der Waals surface area contributed by atoms with E-state index in [0.717, 1.165) is 17.0 Å². The second-order valence-corrected chi connectivity index (χ2v) is 5.16. The zero-order chi connectivity index (χ0) is 13.8. The van der Waals surface area contributed by atoms with Gasteiger partial charge >= 0.3 is 0 Å². The number of ether oxygens (including phenoxy) is 1. The summed E-state index contributed by atoms with van der Waals surface area (Å²) in [6, 6.07) is 10.2. The third kappa shape index (κ3) is 3.39. The molecule has 0 aliphatic carbocycles. The Balaban J connectivity index is 2.16. The van der Waals surface area contributed by atoms with E-state index in [1.54, 1.807) is 19.2 Å². The van der Waals surface area contributed by atoms with Crippen LogP contribution in [0.1, 0.15) is 5.56 Å². The van der Waals surface area contributed by atoms with Crippen molar-refractivity contribution >= 4 is 33.2 Å².